The second-order valence-corrected chi connectivity index (χ2v) is 6.32. The van der Waals surface area contributed by atoms with Crippen LogP contribution in [0.4, 0.5) is 13.2 Å². The molecule has 4 nitrogen and oxygen atoms in total. The number of benzene rings is 2. The molecule has 0 aliphatic heterocycles. The summed E-state index contributed by atoms with van der Waals surface area (Å²) in [7, 11) is 0. The van der Waals surface area contributed by atoms with Crippen LogP contribution in [0.5, 0.6) is 0 Å². The van der Waals surface area contributed by atoms with Crippen molar-refractivity contribution in [3.63, 3.8) is 0 Å². The first-order chi connectivity index (χ1) is 12.9. The average molecular weight is 378 g/mol. The van der Waals surface area contributed by atoms with Crippen LogP contribution in [0.25, 0.3) is 0 Å². The van der Waals surface area contributed by atoms with Gasteiger partial charge in [-0.3, -0.25) is 0 Å². The lowest BCUT2D eigenvalue weighted by Crippen LogP contribution is -2.16. The molecule has 0 unspecified atom stereocenters. The van der Waals surface area contributed by atoms with E-state index in [1.807, 2.05) is 0 Å². The Bertz CT molecular complexity index is 728. The minimum Gasteiger partial charge on any atom is -0.462 e. The third-order valence-corrected chi connectivity index (χ3v) is 4.54. The van der Waals surface area contributed by atoms with Crippen molar-refractivity contribution in [1.82, 2.24) is 0 Å². The van der Waals surface area contributed by atoms with E-state index in [-0.39, 0.29) is 24.3 Å². The second-order valence-electron chi connectivity index (χ2n) is 6.32. The maximum Gasteiger partial charge on any atom is 0.392 e. The van der Waals surface area contributed by atoms with Crippen LogP contribution in [0.1, 0.15) is 20.7 Å². The summed E-state index contributed by atoms with van der Waals surface area (Å²) in [6.45, 7) is -0.739. The van der Waals surface area contributed by atoms with Gasteiger partial charge < -0.3 is 9.47 Å². The molecule has 1 fully saturated rings. The standard InChI is InChI=1S/C20H17F3O4/c21-20(22,23)17-15(11-26-18(24)13-7-3-1-4-8-13)16(17)12-27-19(25)14-9-5-2-6-10-14/h1-10,15-17H,11-12H2/t15-,16-/m0/s1. The summed E-state index contributed by atoms with van der Waals surface area (Å²) in [4.78, 5) is 23.8. The van der Waals surface area contributed by atoms with Gasteiger partial charge >= 0.3 is 18.1 Å². The summed E-state index contributed by atoms with van der Waals surface area (Å²) in [6, 6.07) is 16.1. The Labute approximate surface area is 153 Å². The first kappa shape index (κ1) is 18.9. The number of carbonyl (C=O) groups is 2. The van der Waals surface area contributed by atoms with Gasteiger partial charge in [0.2, 0.25) is 0 Å². The number of rotatable bonds is 6. The SMILES string of the molecule is O=C(OC[C@@H]1C(C(F)(F)F)[C@H]1COC(=O)c1ccccc1)c1ccccc1. The zero-order valence-corrected chi connectivity index (χ0v) is 14.2. The zero-order valence-electron chi connectivity index (χ0n) is 14.2. The van der Waals surface area contributed by atoms with Crippen molar-refractivity contribution >= 4 is 11.9 Å². The minimum atomic E-state index is -4.44. The van der Waals surface area contributed by atoms with E-state index in [1.54, 1.807) is 36.4 Å². The van der Waals surface area contributed by atoms with Crippen molar-refractivity contribution < 1.29 is 32.2 Å². The lowest BCUT2D eigenvalue weighted by atomic mass is 10.2. The fourth-order valence-corrected chi connectivity index (χ4v) is 3.04. The molecule has 2 atom stereocenters. The molecule has 0 heterocycles. The number of esters is 2. The first-order valence-electron chi connectivity index (χ1n) is 8.39. The fourth-order valence-electron chi connectivity index (χ4n) is 3.04. The molecular formula is C20H17F3O4. The highest BCUT2D eigenvalue weighted by atomic mass is 19.4. The van der Waals surface area contributed by atoms with Gasteiger partial charge in [0, 0.05) is 11.8 Å². The van der Waals surface area contributed by atoms with E-state index >= 15 is 0 Å². The monoisotopic (exact) mass is 378 g/mol. The molecule has 1 aliphatic rings. The van der Waals surface area contributed by atoms with Crippen molar-refractivity contribution in [2.45, 2.75) is 6.18 Å². The van der Waals surface area contributed by atoms with Gasteiger partial charge in [-0.1, -0.05) is 36.4 Å². The minimum absolute atomic E-state index is 0.272. The van der Waals surface area contributed by atoms with Gasteiger partial charge in [0.1, 0.15) is 0 Å². The fraction of sp³-hybridized carbons (Fsp3) is 0.300. The molecule has 142 valence electrons. The van der Waals surface area contributed by atoms with Crippen LogP contribution in [0.15, 0.2) is 60.7 Å². The van der Waals surface area contributed by atoms with E-state index in [2.05, 4.69) is 0 Å². The molecule has 27 heavy (non-hydrogen) atoms. The molecule has 0 spiro atoms. The first-order valence-corrected chi connectivity index (χ1v) is 8.39. The molecule has 0 aromatic heterocycles. The predicted molar refractivity (Wildman–Crippen MR) is 90.0 cm³/mol. The lowest BCUT2D eigenvalue weighted by molar-refractivity contribution is -0.156. The summed E-state index contributed by atoms with van der Waals surface area (Å²) in [5.74, 6) is -4.83. The van der Waals surface area contributed by atoms with Crippen LogP contribution in [0, 0.1) is 17.8 Å². The van der Waals surface area contributed by atoms with Gasteiger partial charge in [-0.25, -0.2) is 9.59 Å². The summed E-state index contributed by atoms with van der Waals surface area (Å²) >= 11 is 0. The van der Waals surface area contributed by atoms with E-state index in [4.69, 9.17) is 9.47 Å². The number of ether oxygens (including phenoxy) is 2. The zero-order chi connectivity index (χ0) is 19.4. The molecule has 0 saturated heterocycles. The third-order valence-electron chi connectivity index (χ3n) is 4.54. The Hall–Kier alpha value is -2.83. The second kappa shape index (κ2) is 7.82. The molecule has 1 saturated carbocycles. The normalized spacial score (nSPS) is 21.4. The number of hydrogen-bond acceptors (Lipinski definition) is 4. The molecule has 3 rings (SSSR count). The Morgan fingerprint density at radius 3 is 1.44 bits per heavy atom. The molecule has 2 aromatic carbocycles. The van der Waals surface area contributed by atoms with Gasteiger partial charge in [-0.2, -0.15) is 13.2 Å². The van der Waals surface area contributed by atoms with Crippen molar-refractivity contribution in [2.24, 2.45) is 17.8 Å². The maximum absolute atomic E-state index is 13.2. The smallest absolute Gasteiger partial charge is 0.392 e. The van der Waals surface area contributed by atoms with E-state index in [0.29, 0.717) is 0 Å². The maximum atomic E-state index is 13.2. The summed E-state index contributed by atoms with van der Waals surface area (Å²) in [5.41, 5.74) is 0.544. The van der Waals surface area contributed by atoms with Crippen LogP contribution in [-0.2, 0) is 9.47 Å². The lowest BCUT2D eigenvalue weighted by Gasteiger charge is -2.06. The quantitative estimate of drug-likeness (QED) is 0.710. The molecule has 0 bridgehead atoms. The largest absolute Gasteiger partial charge is 0.462 e. The summed E-state index contributed by atoms with van der Waals surface area (Å²) in [5, 5.41) is 0. The number of hydrogen-bond donors (Lipinski definition) is 0. The topological polar surface area (TPSA) is 52.6 Å². The molecule has 0 N–H and O–H groups in total. The van der Waals surface area contributed by atoms with E-state index in [1.165, 1.54) is 24.3 Å². The Morgan fingerprint density at radius 1 is 0.741 bits per heavy atom. The molecule has 2 aromatic rings. The highest BCUT2D eigenvalue weighted by Gasteiger charge is 2.65. The van der Waals surface area contributed by atoms with Crippen LogP contribution in [-0.4, -0.2) is 31.3 Å². The number of alkyl halides is 3. The van der Waals surface area contributed by atoms with Crippen molar-refractivity contribution in [1.29, 1.82) is 0 Å². The van der Waals surface area contributed by atoms with Gasteiger partial charge in [-0.05, 0) is 24.3 Å². The van der Waals surface area contributed by atoms with Crippen molar-refractivity contribution in [3.8, 4) is 0 Å². The highest BCUT2D eigenvalue weighted by Crippen LogP contribution is 2.55. The molecule has 7 heteroatoms. The average Bonchev–Trinajstić information content (AvgIpc) is 3.39. The van der Waals surface area contributed by atoms with Crippen LogP contribution >= 0.6 is 0 Å². The van der Waals surface area contributed by atoms with Crippen LogP contribution in [0.3, 0.4) is 0 Å². The van der Waals surface area contributed by atoms with Gasteiger partial charge in [-0.15, -0.1) is 0 Å². The Morgan fingerprint density at radius 2 is 1.11 bits per heavy atom. The third kappa shape index (κ3) is 4.67. The van der Waals surface area contributed by atoms with E-state index in [0.717, 1.165) is 0 Å². The van der Waals surface area contributed by atoms with E-state index < -0.39 is 35.9 Å². The van der Waals surface area contributed by atoms with Crippen molar-refractivity contribution in [3.05, 3.63) is 71.8 Å². The van der Waals surface area contributed by atoms with Crippen molar-refractivity contribution in [2.75, 3.05) is 13.2 Å². The summed E-state index contributed by atoms with van der Waals surface area (Å²) < 4.78 is 49.5. The Kier molecular flexibility index (Phi) is 5.48. The van der Waals surface area contributed by atoms with Crippen LogP contribution in [0.2, 0.25) is 0 Å². The summed E-state index contributed by atoms with van der Waals surface area (Å²) in [6.07, 6.45) is -4.44. The van der Waals surface area contributed by atoms with E-state index in [9.17, 15) is 22.8 Å². The van der Waals surface area contributed by atoms with Crippen LogP contribution < -0.4 is 0 Å². The Balaban J connectivity index is 1.55. The van der Waals surface area contributed by atoms with Gasteiger partial charge in [0.15, 0.2) is 0 Å². The van der Waals surface area contributed by atoms with Gasteiger partial charge in [0.05, 0.1) is 30.3 Å². The highest BCUT2D eigenvalue weighted by molar-refractivity contribution is 5.89. The number of carbonyl (C=O) groups excluding carboxylic acids is 2. The number of halogens is 3. The molecule has 0 radical (unpaired) electrons. The van der Waals surface area contributed by atoms with Gasteiger partial charge in [0.25, 0.3) is 0 Å². The predicted octanol–water partition coefficient (Wildman–Crippen LogP) is 4.12. The molecule has 0 amide bonds. The molecule has 1 aliphatic carbocycles. The molecular weight excluding hydrogens is 361 g/mol.